The van der Waals surface area contributed by atoms with Gasteiger partial charge in [-0.3, -0.25) is 19.2 Å². The Morgan fingerprint density at radius 2 is 1.11 bits per heavy atom. The number of unbranched alkanes of at least 4 members (excludes halogenated alkanes) is 4. The smallest absolute Gasteiger partial charge is 0.748 e. The van der Waals surface area contributed by atoms with Crippen molar-refractivity contribution in [1.82, 2.24) is 19.3 Å². The number of rotatable bonds is 25. The van der Waals surface area contributed by atoms with Crippen molar-refractivity contribution in [2.45, 2.75) is 110 Å². The quantitative estimate of drug-likeness (QED) is 0.0191. The molecule has 0 spiro atoms. The number of anilines is 1. The minimum atomic E-state index is -4.43. The van der Waals surface area contributed by atoms with E-state index >= 15 is 0 Å². The van der Waals surface area contributed by atoms with E-state index in [9.17, 15) is 54.7 Å². The standard InChI is InChI=1S/C57H58N6O16S2.K/c64-50-24-25-51(65)62(50)78-56(68)22-6-2-12-28-60-46-34-40-38-16-8-10-18-42(38)58(30-14-32-80(70,71)72)44(40)36-48(46)76-54(60)20-4-1-5-21-55-61(29-13-3-7-23-57(69)79-63-52(66)26-27-53(63)67)47-35-41-39-17-9-11-19-43(39)59(31-15-33-81(73,74)75)45(41)37-49(47)77-55;/h1,4-5,8-11,16-21,34-37H,2-3,6-7,12-15,22-33H2,(H-,70,71,72,73,74,75);/q;+1/p-1. The molecule has 0 atom stereocenters. The van der Waals surface area contributed by atoms with Crippen molar-refractivity contribution < 1.29 is 129 Å². The number of hydroxylamine groups is 4. The van der Waals surface area contributed by atoms with Crippen molar-refractivity contribution in [2.24, 2.45) is 0 Å². The summed E-state index contributed by atoms with van der Waals surface area (Å²) in [6.45, 7) is 1.48. The summed E-state index contributed by atoms with van der Waals surface area (Å²) in [5.41, 5.74) is 5.40. The molecule has 2 saturated heterocycles. The topological polar surface area (TPSA) is 281 Å². The van der Waals surface area contributed by atoms with Gasteiger partial charge in [0.2, 0.25) is 11.5 Å². The summed E-state index contributed by atoms with van der Waals surface area (Å²) >= 11 is 0. The van der Waals surface area contributed by atoms with Crippen LogP contribution in [0.2, 0.25) is 0 Å². The summed E-state index contributed by atoms with van der Waals surface area (Å²) in [5, 5.41) is 4.71. The van der Waals surface area contributed by atoms with Gasteiger partial charge >= 0.3 is 69.2 Å². The third kappa shape index (κ3) is 13.7. The maximum Gasteiger partial charge on any atom is 1.00 e. The molecular formula is C57H57KN6O16S2. The van der Waals surface area contributed by atoms with E-state index in [1.165, 1.54) is 0 Å². The van der Waals surface area contributed by atoms with Crippen LogP contribution in [0.25, 0.3) is 60.8 Å². The van der Waals surface area contributed by atoms with Gasteiger partial charge in [-0.05, 0) is 62.8 Å². The predicted octanol–water partition coefficient (Wildman–Crippen LogP) is 4.46. The molecule has 0 saturated carbocycles. The number of fused-ring (bicyclic) bond motifs is 8. The summed E-state index contributed by atoms with van der Waals surface area (Å²) in [7, 11) is -8.87. The number of allylic oxidation sites excluding steroid dienone is 4. The average Bonchev–Trinajstić information content (AvgIpc) is 2.40. The Hall–Kier alpha value is -6.55. The number of ether oxygens (including phenoxy) is 1. The second kappa shape index (κ2) is 25.9. The zero-order chi connectivity index (χ0) is 57.0. The van der Waals surface area contributed by atoms with Crippen LogP contribution in [0.4, 0.5) is 5.69 Å². The molecule has 6 heterocycles. The van der Waals surface area contributed by atoms with Crippen LogP contribution in [0, 0.1) is 0 Å². The number of benzene rings is 4. The zero-order valence-corrected chi connectivity index (χ0v) is 49.7. The third-order valence-corrected chi connectivity index (χ3v) is 16.0. The van der Waals surface area contributed by atoms with E-state index in [2.05, 4.69) is 0 Å². The van der Waals surface area contributed by atoms with Crippen LogP contribution in [0.15, 0.2) is 107 Å². The van der Waals surface area contributed by atoms with Crippen molar-refractivity contribution in [3.63, 3.8) is 0 Å². The number of imide groups is 2. The Morgan fingerprint density at radius 1 is 0.585 bits per heavy atom. The first-order valence-corrected chi connectivity index (χ1v) is 30.0. The van der Waals surface area contributed by atoms with E-state index in [0.717, 1.165) is 54.8 Å². The molecule has 0 N–H and O–H groups in total. The van der Waals surface area contributed by atoms with Crippen LogP contribution >= 0.6 is 0 Å². The van der Waals surface area contributed by atoms with E-state index in [0.29, 0.717) is 84.8 Å². The van der Waals surface area contributed by atoms with Crippen molar-refractivity contribution in [2.75, 3.05) is 23.0 Å². The Kier molecular flexibility index (Phi) is 19.0. The molecule has 0 unspecified atom stereocenters. The maximum atomic E-state index is 12.6. The number of oxazole rings is 1. The van der Waals surface area contributed by atoms with E-state index in [4.69, 9.17) is 18.8 Å². The number of carbonyl (C=O) groups is 6. The van der Waals surface area contributed by atoms with Crippen molar-refractivity contribution >= 4 is 122 Å². The molecule has 0 aliphatic carbocycles. The predicted molar refractivity (Wildman–Crippen MR) is 293 cm³/mol. The molecule has 0 bridgehead atoms. The third-order valence-electron chi connectivity index (χ3n) is 14.4. The molecule has 4 aromatic carbocycles. The fraction of sp³-hybridized carbons (Fsp3) is 0.351. The van der Waals surface area contributed by atoms with Gasteiger partial charge in [-0.1, -0.05) is 61.0 Å². The van der Waals surface area contributed by atoms with Gasteiger partial charge in [0.15, 0.2) is 12.3 Å². The Balaban J connectivity index is 0.00000810. The molecule has 7 aromatic rings. The monoisotopic (exact) mass is 1180 g/mol. The number of carbonyl (C=O) groups excluding carboxylic acids is 6. The Labute approximate surface area is 513 Å². The van der Waals surface area contributed by atoms with Gasteiger partial charge in [0, 0.05) is 127 Å². The van der Waals surface area contributed by atoms with E-state index in [1.54, 1.807) is 12.2 Å². The first kappa shape index (κ1) is 60.0. The van der Waals surface area contributed by atoms with Crippen LogP contribution in [0.1, 0.15) is 95.8 Å². The number of hydrogen-bond acceptors (Lipinski definition) is 17. The van der Waals surface area contributed by atoms with Gasteiger partial charge in [0.25, 0.3) is 29.1 Å². The van der Waals surface area contributed by atoms with Gasteiger partial charge in [-0.2, -0.15) is 4.57 Å². The van der Waals surface area contributed by atoms with Gasteiger partial charge in [0.1, 0.15) is 0 Å². The van der Waals surface area contributed by atoms with Crippen molar-refractivity contribution in [1.29, 1.82) is 0 Å². The molecule has 10 rings (SSSR count). The average molecular weight is 1190 g/mol. The SMILES string of the molecule is O=C(CCCCCN1/C(=C/C=C/C=C/c2oc3cc4c(cc3[n+]2CCCCCC(=O)ON2C(=O)CCC2=O)c2ccccc2n4CCCS(=O)(=O)[O-])Oc2cc3c(cc21)c1ccccc1n3CCCS(=O)(=O)[O-])ON1C(=O)CCC1=O.[K+]. The van der Waals surface area contributed by atoms with Crippen LogP contribution in [-0.4, -0.2) is 98.8 Å². The minimum Gasteiger partial charge on any atom is -0.748 e. The second-order valence-electron chi connectivity index (χ2n) is 20.0. The number of aryl methyl sites for hydroxylation is 3. The minimum absolute atomic E-state index is 0. The van der Waals surface area contributed by atoms with Gasteiger partial charge in [0.05, 0.1) is 43.0 Å². The van der Waals surface area contributed by atoms with E-state index in [-0.39, 0.29) is 116 Å². The molecule has 4 amide bonds. The van der Waals surface area contributed by atoms with E-state index in [1.807, 2.05) is 110 Å². The van der Waals surface area contributed by atoms with Crippen LogP contribution in [0.3, 0.4) is 0 Å². The summed E-state index contributed by atoms with van der Waals surface area (Å²) in [6.07, 6.45) is 12.5. The first-order chi connectivity index (χ1) is 38.9. The first-order valence-electron chi connectivity index (χ1n) is 26.8. The number of amides is 4. The number of para-hydroxylation sites is 2. The molecule has 424 valence electrons. The second-order valence-corrected chi connectivity index (χ2v) is 23.1. The molecule has 82 heavy (non-hydrogen) atoms. The Morgan fingerprint density at radius 3 is 1.67 bits per heavy atom. The number of aromatic nitrogens is 3. The molecule has 22 nitrogen and oxygen atoms in total. The van der Waals surface area contributed by atoms with Crippen molar-refractivity contribution in [3.05, 3.63) is 109 Å². The Bertz CT molecular complexity index is 3980. The zero-order valence-electron chi connectivity index (χ0n) is 45.0. The summed E-state index contributed by atoms with van der Waals surface area (Å²) in [6, 6.07) is 23.3. The number of hydrogen-bond donors (Lipinski definition) is 0. The molecule has 2 fully saturated rings. The molecule has 3 aromatic heterocycles. The number of nitrogens with zero attached hydrogens (tertiary/aromatic N) is 6. The fourth-order valence-electron chi connectivity index (χ4n) is 10.7. The van der Waals surface area contributed by atoms with Crippen molar-refractivity contribution in [3.8, 4) is 5.75 Å². The molecule has 3 aliphatic rings. The molecule has 3 aliphatic heterocycles. The maximum absolute atomic E-state index is 12.6. The summed E-state index contributed by atoms with van der Waals surface area (Å²) < 4.78 is 88.5. The normalized spacial score (nSPS) is 15.5. The fourth-order valence-corrected chi connectivity index (χ4v) is 11.6. The van der Waals surface area contributed by atoms with Crippen LogP contribution in [-0.2, 0) is 78.3 Å². The molecule has 25 heteroatoms. The summed E-state index contributed by atoms with van der Waals surface area (Å²) in [5.74, 6) is -3.03. The largest absolute Gasteiger partial charge is 1.00 e. The van der Waals surface area contributed by atoms with Gasteiger partial charge in [-0.25, -0.2) is 26.4 Å². The summed E-state index contributed by atoms with van der Waals surface area (Å²) in [4.78, 5) is 85.2. The van der Waals surface area contributed by atoms with Crippen LogP contribution in [0.5, 0.6) is 5.75 Å². The van der Waals surface area contributed by atoms with Gasteiger partial charge < -0.3 is 42.0 Å². The van der Waals surface area contributed by atoms with Gasteiger partial charge in [-0.15, -0.1) is 10.1 Å². The van der Waals surface area contributed by atoms with E-state index < -0.39 is 67.3 Å². The molecule has 0 radical (unpaired) electrons. The van der Waals surface area contributed by atoms with Crippen LogP contribution < -0.4 is 65.6 Å². The molecular weight excluding hydrogens is 1130 g/mol.